The number of aliphatic hydroxyl groups is 1. The Morgan fingerprint density at radius 3 is 2.30 bits per heavy atom. The minimum absolute atomic E-state index is 0.0316. The van der Waals surface area contributed by atoms with Crippen LogP contribution in [-0.4, -0.2) is 16.8 Å². The molecule has 2 nitrogen and oxygen atoms in total. The Morgan fingerprint density at radius 1 is 1.05 bits per heavy atom. The quantitative estimate of drug-likeness (QED) is 0.649. The van der Waals surface area contributed by atoms with E-state index in [4.69, 9.17) is 11.6 Å². The number of carbonyl (C=O) groups is 1. The summed E-state index contributed by atoms with van der Waals surface area (Å²) in [5.74, 6) is 0.362. The molecule has 0 amide bonds. The topological polar surface area (TPSA) is 37.3 Å². The van der Waals surface area contributed by atoms with Gasteiger partial charge >= 0.3 is 0 Å². The van der Waals surface area contributed by atoms with E-state index in [1.54, 1.807) is 24.3 Å². The Balaban J connectivity index is 2.04. The van der Waals surface area contributed by atoms with Gasteiger partial charge in [0.15, 0.2) is 5.78 Å². The van der Waals surface area contributed by atoms with Crippen molar-refractivity contribution in [1.82, 2.24) is 0 Å². The molecule has 2 aromatic carbocycles. The van der Waals surface area contributed by atoms with Gasteiger partial charge in [-0.25, -0.2) is 0 Å². The molecule has 2 rings (SSSR count). The van der Waals surface area contributed by atoms with E-state index in [0.717, 1.165) is 11.1 Å². The molecule has 1 atom stereocenters. The Kier molecular flexibility index (Phi) is 5.33. The lowest BCUT2D eigenvalue weighted by molar-refractivity contribution is 0.0989. The van der Waals surface area contributed by atoms with Crippen LogP contribution in [0.5, 0.6) is 0 Å². The van der Waals surface area contributed by atoms with Crippen LogP contribution in [0.4, 0.5) is 0 Å². The van der Waals surface area contributed by atoms with E-state index >= 15 is 0 Å². The van der Waals surface area contributed by atoms with Crippen molar-refractivity contribution in [2.24, 2.45) is 0 Å². The molecule has 2 aromatic rings. The molecule has 0 aromatic heterocycles. The first kappa shape index (κ1) is 14.8. The smallest absolute Gasteiger partial charge is 0.164 e. The molecule has 0 aliphatic heterocycles. The van der Waals surface area contributed by atoms with Crippen LogP contribution in [0.15, 0.2) is 54.6 Å². The summed E-state index contributed by atoms with van der Waals surface area (Å²) in [6, 6.07) is 16.9. The van der Waals surface area contributed by atoms with Gasteiger partial charge in [0.05, 0.1) is 6.10 Å². The SMILES string of the molecule is O=C(CCCl)c1ccc(C(O)Cc2ccccc2)cc1. The maximum Gasteiger partial charge on any atom is 0.164 e. The van der Waals surface area contributed by atoms with Crippen LogP contribution < -0.4 is 0 Å². The molecule has 104 valence electrons. The minimum atomic E-state index is -0.561. The standard InChI is InChI=1S/C17H17ClO2/c18-11-10-16(19)14-6-8-15(9-7-14)17(20)12-13-4-2-1-3-5-13/h1-9,17,20H,10-12H2. The van der Waals surface area contributed by atoms with Crippen LogP contribution in [0.2, 0.25) is 0 Å². The highest BCUT2D eigenvalue weighted by molar-refractivity contribution is 6.19. The molecular formula is C17H17ClO2. The van der Waals surface area contributed by atoms with Gasteiger partial charge in [0, 0.05) is 24.3 Å². The maximum atomic E-state index is 11.7. The number of benzene rings is 2. The summed E-state index contributed by atoms with van der Waals surface area (Å²) in [5, 5.41) is 10.2. The van der Waals surface area contributed by atoms with Crippen LogP contribution in [0, 0.1) is 0 Å². The van der Waals surface area contributed by atoms with Gasteiger partial charge in [-0.05, 0) is 11.1 Å². The summed E-state index contributed by atoms with van der Waals surface area (Å²) in [6.07, 6.45) is 0.345. The van der Waals surface area contributed by atoms with Crippen LogP contribution in [-0.2, 0) is 6.42 Å². The normalized spacial score (nSPS) is 12.1. The first-order valence-corrected chi connectivity index (χ1v) is 7.15. The van der Waals surface area contributed by atoms with Crippen molar-refractivity contribution in [1.29, 1.82) is 0 Å². The highest BCUT2D eigenvalue weighted by Crippen LogP contribution is 2.19. The minimum Gasteiger partial charge on any atom is -0.388 e. The van der Waals surface area contributed by atoms with Gasteiger partial charge < -0.3 is 5.11 Å². The molecule has 1 unspecified atom stereocenters. The highest BCUT2D eigenvalue weighted by atomic mass is 35.5. The van der Waals surface area contributed by atoms with Gasteiger partial charge in [-0.1, -0.05) is 54.6 Å². The Hall–Kier alpha value is -1.64. The molecule has 0 radical (unpaired) electrons. The zero-order chi connectivity index (χ0) is 14.4. The van der Waals surface area contributed by atoms with Gasteiger partial charge in [-0.3, -0.25) is 4.79 Å². The third-order valence-electron chi connectivity index (χ3n) is 3.21. The monoisotopic (exact) mass is 288 g/mol. The molecule has 0 saturated heterocycles. The second-order valence-corrected chi connectivity index (χ2v) is 5.07. The fourth-order valence-electron chi connectivity index (χ4n) is 2.08. The van der Waals surface area contributed by atoms with E-state index in [1.165, 1.54) is 0 Å². The summed E-state index contributed by atoms with van der Waals surface area (Å²) in [5.41, 5.74) is 2.54. The number of hydrogen-bond acceptors (Lipinski definition) is 2. The molecule has 0 bridgehead atoms. The van der Waals surface area contributed by atoms with Crippen molar-refractivity contribution < 1.29 is 9.90 Å². The lowest BCUT2D eigenvalue weighted by Gasteiger charge is -2.11. The first-order chi connectivity index (χ1) is 9.70. The van der Waals surface area contributed by atoms with Gasteiger partial charge in [-0.2, -0.15) is 0 Å². The van der Waals surface area contributed by atoms with E-state index in [0.29, 0.717) is 24.3 Å². The number of halogens is 1. The Bertz CT molecular complexity index is 549. The van der Waals surface area contributed by atoms with Crippen LogP contribution in [0.3, 0.4) is 0 Å². The predicted molar refractivity (Wildman–Crippen MR) is 81.2 cm³/mol. The van der Waals surface area contributed by atoms with Gasteiger partial charge in [-0.15, -0.1) is 11.6 Å². The summed E-state index contributed by atoms with van der Waals surface area (Å²) in [4.78, 5) is 11.7. The average molecular weight is 289 g/mol. The van der Waals surface area contributed by atoms with Crippen LogP contribution >= 0.6 is 11.6 Å². The molecule has 0 spiro atoms. The van der Waals surface area contributed by atoms with Crippen molar-refractivity contribution in [3.05, 3.63) is 71.3 Å². The Morgan fingerprint density at radius 2 is 1.70 bits per heavy atom. The molecule has 0 heterocycles. The van der Waals surface area contributed by atoms with E-state index in [2.05, 4.69) is 0 Å². The lowest BCUT2D eigenvalue weighted by Crippen LogP contribution is -2.04. The number of carbonyl (C=O) groups excluding carboxylic acids is 1. The van der Waals surface area contributed by atoms with E-state index in [-0.39, 0.29) is 5.78 Å². The number of rotatable bonds is 6. The lowest BCUT2D eigenvalue weighted by atomic mass is 9.99. The zero-order valence-corrected chi connectivity index (χ0v) is 11.9. The third-order valence-corrected chi connectivity index (χ3v) is 3.40. The number of ketones is 1. The van der Waals surface area contributed by atoms with Crippen LogP contribution in [0.1, 0.15) is 34.0 Å². The predicted octanol–water partition coefficient (Wildman–Crippen LogP) is 3.77. The highest BCUT2D eigenvalue weighted by Gasteiger charge is 2.10. The first-order valence-electron chi connectivity index (χ1n) is 6.62. The largest absolute Gasteiger partial charge is 0.388 e. The summed E-state index contributed by atoms with van der Waals surface area (Å²) in [6.45, 7) is 0. The van der Waals surface area contributed by atoms with Gasteiger partial charge in [0.1, 0.15) is 0 Å². The van der Waals surface area contributed by atoms with E-state index in [9.17, 15) is 9.90 Å². The molecule has 0 fully saturated rings. The van der Waals surface area contributed by atoms with Gasteiger partial charge in [0.25, 0.3) is 0 Å². The molecule has 3 heteroatoms. The van der Waals surface area contributed by atoms with E-state index < -0.39 is 6.10 Å². The molecule has 0 saturated carbocycles. The second kappa shape index (κ2) is 7.22. The summed E-state index contributed by atoms with van der Waals surface area (Å²) < 4.78 is 0. The van der Waals surface area contributed by atoms with Crippen LogP contribution in [0.25, 0.3) is 0 Å². The van der Waals surface area contributed by atoms with Gasteiger partial charge in [0.2, 0.25) is 0 Å². The van der Waals surface area contributed by atoms with Crippen molar-refractivity contribution in [2.45, 2.75) is 18.9 Å². The fraction of sp³-hybridized carbons (Fsp3) is 0.235. The molecule has 1 N–H and O–H groups in total. The zero-order valence-electron chi connectivity index (χ0n) is 11.1. The summed E-state index contributed by atoms with van der Waals surface area (Å²) in [7, 11) is 0. The molecule has 0 aliphatic rings. The number of hydrogen-bond donors (Lipinski definition) is 1. The second-order valence-electron chi connectivity index (χ2n) is 4.69. The van der Waals surface area contributed by atoms with Crippen molar-refractivity contribution in [3.8, 4) is 0 Å². The van der Waals surface area contributed by atoms with Crippen molar-refractivity contribution in [3.63, 3.8) is 0 Å². The van der Waals surface area contributed by atoms with Crippen molar-refractivity contribution in [2.75, 3.05) is 5.88 Å². The maximum absolute atomic E-state index is 11.7. The summed E-state index contributed by atoms with van der Waals surface area (Å²) >= 11 is 5.56. The van der Waals surface area contributed by atoms with E-state index in [1.807, 2.05) is 30.3 Å². The molecular weight excluding hydrogens is 272 g/mol. The number of alkyl halides is 1. The molecule has 0 aliphatic carbocycles. The average Bonchev–Trinajstić information content (AvgIpc) is 2.48. The Labute approximate surface area is 124 Å². The third kappa shape index (κ3) is 3.92. The number of aliphatic hydroxyl groups excluding tert-OH is 1. The molecule has 20 heavy (non-hydrogen) atoms. The fourth-order valence-corrected chi connectivity index (χ4v) is 2.25. The van der Waals surface area contributed by atoms with Crippen molar-refractivity contribution >= 4 is 17.4 Å². The number of Topliss-reactive ketones (excluding diaryl/α,β-unsaturated/α-hetero) is 1.